The van der Waals surface area contributed by atoms with Gasteiger partial charge in [0.05, 0.1) is 0 Å². The number of guanidine groups is 1. The monoisotopic (exact) mass is 362 g/mol. The second-order valence-electron chi connectivity index (χ2n) is 6.86. The molecule has 26 heavy (non-hydrogen) atoms. The molecular weight excluding hydrogens is 328 g/mol. The van der Waals surface area contributed by atoms with Crippen molar-refractivity contribution in [3.63, 3.8) is 0 Å². The van der Waals surface area contributed by atoms with Crippen molar-refractivity contribution in [3.05, 3.63) is 35.9 Å². The first-order chi connectivity index (χ1) is 12.5. The molecular formula is C20H34N4O2. The molecule has 6 nitrogen and oxygen atoms in total. The van der Waals surface area contributed by atoms with Crippen LogP contribution in [0.5, 0.6) is 0 Å². The van der Waals surface area contributed by atoms with E-state index in [0.29, 0.717) is 11.9 Å². The number of nitrogens with one attached hydrogen (secondary N) is 2. The van der Waals surface area contributed by atoms with Crippen molar-refractivity contribution in [1.82, 2.24) is 15.5 Å². The van der Waals surface area contributed by atoms with E-state index in [2.05, 4.69) is 41.6 Å². The second kappa shape index (κ2) is 13.2. The summed E-state index contributed by atoms with van der Waals surface area (Å²) in [6.45, 7) is 7.44. The van der Waals surface area contributed by atoms with Gasteiger partial charge in [-0.15, -0.1) is 0 Å². The van der Waals surface area contributed by atoms with Gasteiger partial charge in [0, 0.05) is 40.4 Å². The Morgan fingerprint density at radius 3 is 2.50 bits per heavy atom. The number of rotatable bonds is 11. The van der Waals surface area contributed by atoms with E-state index in [0.717, 1.165) is 39.1 Å². The SMILES string of the molecule is CC(C)COCCCNC(=NCC(=O)N(C)C)NCCc1ccccc1. The fourth-order valence-electron chi connectivity index (χ4n) is 2.13. The number of likely N-dealkylation sites (N-methyl/N-ethyl adjacent to an activating group) is 1. The highest BCUT2D eigenvalue weighted by Gasteiger charge is 2.04. The predicted molar refractivity (Wildman–Crippen MR) is 107 cm³/mol. The Hall–Kier alpha value is -2.08. The third-order valence-electron chi connectivity index (χ3n) is 3.63. The minimum atomic E-state index is -0.0190. The van der Waals surface area contributed by atoms with E-state index < -0.39 is 0 Å². The highest BCUT2D eigenvalue weighted by atomic mass is 16.5. The van der Waals surface area contributed by atoms with E-state index in [1.807, 2.05) is 18.2 Å². The summed E-state index contributed by atoms with van der Waals surface area (Å²) in [4.78, 5) is 17.7. The van der Waals surface area contributed by atoms with Crippen LogP contribution in [0.15, 0.2) is 35.3 Å². The Labute approximate surface area is 158 Å². The average Bonchev–Trinajstić information content (AvgIpc) is 2.62. The lowest BCUT2D eigenvalue weighted by atomic mass is 10.1. The summed E-state index contributed by atoms with van der Waals surface area (Å²) < 4.78 is 5.58. The first kappa shape index (κ1) is 22.0. The number of carbonyl (C=O) groups is 1. The second-order valence-corrected chi connectivity index (χ2v) is 6.86. The number of amides is 1. The van der Waals surface area contributed by atoms with Crippen molar-refractivity contribution >= 4 is 11.9 Å². The molecule has 0 aliphatic rings. The van der Waals surface area contributed by atoms with Crippen LogP contribution in [0.2, 0.25) is 0 Å². The van der Waals surface area contributed by atoms with Crippen molar-refractivity contribution in [3.8, 4) is 0 Å². The summed E-state index contributed by atoms with van der Waals surface area (Å²) in [6, 6.07) is 10.3. The van der Waals surface area contributed by atoms with Crippen LogP contribution in [0.4, 0.5) is 0 Å². The molecule has 146 valence electrons. The largest absolute Gasteiger partial charge is 0.381 e. The first-order valence-electron chi connectivity index (χ1n) is 9.33. The van der Waals surface area contributed by atoms with E-state index in [-0.39, 0.29) is 12.5 Å². The topological polar surface area (TPSA) is 66.0 Å². The van der Waals surface area contributed by atoms with Gasteiger partial charge in [0.2, 0.25) is 5.91 Å². The van der Waals surface area contributed by atoms with Crippen molar-refractivity contribution in [2.75, 3.05) is 46.9 Å². The fraction of sp³-hybridized carbons (Fsp3) is 0.600. The molecule has 0 radical (unpaired) electrons. The quantitative estimate of drug-likeness (QED) is 0.359. The van der Waals surface area contributed by atoms with Crippen LogP contribution in [-0.4, -0.2) is 63.7 Å². The van der Waals surface area contributed by atoms with Gasteiger partial charge in [-0.3, -0.25) is 4.79 Å². The van der Waals surface area contributed by atoms with Crippen LogP contribution in [0.1, 0.15) is 25.8 Å². The molecule has 2 N–H and O–H groups in total. The predicted octanol–water partition coefficient (Wildman–Crippen LogP) is 1.92. The van der Waals surface area contributed by atoms with Crippen LogP contribution >= 0.6 is 0 Å². The van der Waals surface area contributed by atoms with Gasteiger partial charge in [0.25, 0.3) is 0 Å². The molecule has 0 atom stereocenters. The fourth-order valence-corrected chi connectivity index (χ4v) is 2.13. The minimum absolute atomic E-state index is 0.0190. The number of aliphatic imine (C=N–C) groups is 1. The van der Waals surface area contributed by atoms with Gasteiger partial charge in [-0.2, -0.15) is 0 Å². The third-order valence-corrected chi connectivity index (χ3v) is 3.63. The lowest BCUT2D eigenvalue weighted by Crippen LogP contribution is -2.40. The summed E-state index contributed by atoms with van der Waals surface area (Å²) in [6.07, 6.45) is 1.80. The maximum atomic E-state index is 11.8. The Bertz CT molecular complexity index is 530. The summed E-state index contributed by atoms with van der Waals surface area (Å²) in [5.41, 5.74) is 1.27. The Kier molecular flexibility index (Phi) is 11.1. The summed E-state index contributed by atoms with van der Waals surface area (Å²) >= 11 is 0. The molecule has 0 saturated carbocycles. The number of hydrogen-bond donors (Lipinski definition) is 2. The van der Waals surface area contributed by atoms with Gasteiger partial charge in [-0.25, -0.2) is 4.99 Å². The zero-order valence-electron chi connectivity index (χ0n) is 16.6. The number of carbonyl (C=O) groups excluding carboxylic acids is 1. The van der Waals surface area contributed by atoms with Crippen molar-refractivity contribution in [2.45, 2.75) is 26.7 Å². The lowest BCUT2D eigenvalue weighted by molar-refractivity contribution is -0.127. The maximum Gasteiger partial charge on any atom is 0.243 e. The molecule has 1 amide bonds. The van der Waals surface area contributed by atoms with Crippen LogP contribution in [0.3, 0.4) is 0 Å². The first-order valence-corrected chi connectivity index (χ1v) is 9.33. The van der Waals surface area contributed by atoms with Crippen LogP contribution in [-0.2, 0) is 16.0 Å². The molecule has 0 aliphatic carbocycles. The summed E-state index contributed by atoms with van der Waals surface area (Å²) in [5.74, 6) is 1.20. The number of nitrogens with zero attached hydrogens (tertiary/aromatic N) is 2. The van der Waals surface area contributed by atoms with Gasteiger partial charge >= 0.3 is 0 Å². The van der Waals surface area contributed by atoms with Crippen molar-refractivity contribution in [2.24, 2.45) is 10.9 Å². The smallest absolute Gasteiger partial charge is 0.243 e. The normalized spacial score (nSPS) is 11.5. The minimum Gasteiger partial charge on any atom is -0.381 e. The molecule has 6 heteroatoms. The van der Waals surface area contributed by atoms with Crippen LogP contribution in [0, 0.1) is 5.92 Å². The highest BCUT2D eigenvalue weighted by molar-refractivity contribution is 5.84. The number of benzene rings is 1. The Balaban J connectivity index is 2.39. The number of ether oxygens (including phenoxy) is 1. The molecule has 0 aromatic heterocycles. The van der Waals surface area contributed by atoms with Crippen LogP contribution in [0.25, 0.3) is 0 Å². The summed E-state index contributed by atoms with van der Waals surface area (Å²) in [7, 11) is 3.47. The van der Waals surface area contributed by atoms with Crippen molar-refractivity contribution < 1.29 is 9.53 Å². The Morgan fingerprint density at radius 2 is 1.85 bits per heavy atom. The summed E-state index contributed by atoms with van der Waals surface area (Å²) in [5, 5.41) is 6.58. The maximum absolute atomic E-state index is 11.8. The molecule has 0 saturated heterocycles. The molecule has 1 aromatic rings. The Morgan fingerprint density at radius 1 is 1.15 bits per heavy atom. The third kappa shape index (κ3) is 10.7. The molecule has 1 rings (SSSR count). The van der Waals surface area contributed by atoms with E-state index in [4.69, 9.17) is 4.74 Å². The van der Waals surface area contributed by atoms with Gasteiger partial charge in [0.1, 0.15) is 6.54 Å². The molecule has 1 aromatic carbocycles. The highest BCUT2D eigenvalue weighted by Crippen LogP contribution is 1.98. The van der Waals surface area contributed by atoms with Gasteiger partial charge in [-0.1, -0.05) is 44.2 Å². The van der Waals surface area contributed by atoms with E-state index in [1.54, 1.807) is 19.0 Å². The molecule has 0 heterocycles. The van der Waals surface area contributed by atoms with E-state index in [1.165, 1.54) is 5.56 Å². The molecule has 0 aliphatic heterocycles. The van der Waals surface area contributed by atoms with Crippen LogP contribution < -0.4 is 10.6 Å². The van der Waals surface area contributed by atoms with Gasteiger partial charge < -0.3 is 20.3 Å². The molecule has 0 bridgehead atoms. The number of hydrogen-bond acceptors (Lipinski definition) is 3. The van der Waals surface area contributed by atoms with Gasteiger partial charge in [0.15, 0.2) is 5.96 Å². The lowest BCUT2D eigenvalue weighted by Gasteiger charge is -2.14. The van der Waals surface area contributed by atoms with Gasteiger partial charge in [-0.05, 0) is 24.3 Å². The average molecular weight is 363 g/mol. The zero-order chi connectivity index (χ0) is 19.2. The molecule has 0 fully saturated rings. The molecule has 0 unspecified atom stereocenters. The zero-order valence-corrected chi connectivity index (χ0v) is 16.6. The van der Waals surface area contributed by atoms with E-state index >= 15 is 0 Å². The van der Waals surface area contributed by atoms with E-state index in [9.17, 15) is 4.79 Å². The molecule has 0 spiro atoms. The van der Waals surface area contributed by atoms with Crippen molar-refractivity contribution in [1.29, 1.82) is 0 Å². The standard InChI is InChI=1S/C20H34N4O2/c1-17(2)16-26-14-8-12-21-20(23-15-19(25)24(3)4)22-13-11-18-9-6-5-7-10-18/h5-7,9-10,17H,8,11-16H2,1-4H3,(H2,21,22,23).